The van der Waals surface area contributed by atoms with Gasteiger partial charge in [-0.25, -0.2) is 0 Å². The molecule has 30 heavy (non-hydrogen) atoms. The highest BCUT2D eigenvalue weighted by Gasteiger charge is 2.42. The van der Waals surface area contributed by atoms with Crippen LogP contribution in [-0.2, 0) is 9.53 Å². The number of ether oxygens (including phenoxy) is 1. The molecule has 0 bridgehead atoms. The zero-order valence-electron chi connectivity index (χ0n) is 15.6. The number of nitrogens with zero attached hydrogens (tertiary/aromatic N) is 1. The molecule has 3 rings (SSSR count). The maximum absolute atomic E-state index is 12.6. The highest BCUT2D eigenvalue weighted by atomic mass is 35.5. The Morgan fingerprint density at radius 2 is 1.37 bits per heavy atom. The number of aryl methyl sites for hydroxylation is 1. The van der Waals surface area contributed by atoms with Crippen molar-refractivity contribution in [3.8, 4) is 0 Å². The molecule has 0 N–H and O–H groups in total. The van der Waals surface area contributed by atoms with Gasteiger partial charge in [-0.15, -0.1) is 0 Å². The number of carbonyl (C=O) groups excluding carboxylic acids is 4. The Labute approximate surface area is 191 Å². The van der Waals surface area contributed by atoms with Gasteiger partial charge in [-0.05, 0) is 13.8 Å². The molecular formula is C20H13Cl4NO5. The first-order valence-electron chi connectivity index (χ1n) is 8.57. The zero-order chi connectivity index (χ0) is 22.3. The predicted molar refractivity (Wildman–Crippen MR) is 113 cm³/mol. The summed E-state index contributed by atoms with van der Waals surface area (Å²) < 4.78 is 5.11. The number of hydrogen-bond acceptors (Lipinski definition) is 5. The largest absolute Gasteiger partial charge is 0.453 e. The molecule has 2 amide bonds. The van der Waals surface area contributed by atoms with Crippen LogP contribution in [0.3, 0.4) is 0 Å². The Hall–Kier alpha value is -2.12. The molecule has 6 nitrogen and oxygen atoms in total. The summed E-state index contributed by atoms with van der Waals surface area (Å²) in [4.78, 5) is 50.6. The molecule has 0 radical (unpaired) electrons. The average molecular weight is 489 g/mol. The van der Waals surface area contributed by atoms with E-state index in [-0.39, 0.29) is 31.2 Å². The van der Waals surface area contributed by atoms with E-state index in [1.807, 2.05) is 6.92 Å². The normalized spacial score (nSPS) is 14.0. The minimum absolute atomic E-state index is 0.176. The fourth-order valence-electron chi connectivity index (χ4n) is 2.91. The van der Waals surface area contributed by atoms with Crippen molar-refractivity contribution in [1.29, 1.82) is 0 Å². The molecule has 0 aliphatic carbocycles. The smallest absolute Gasteiger partial charge is 0.326 e. The Morgan fingerprint density at radius 1 is 0.900 bits per heavy atom. The lowest BCUT2D eigenvalue weighted by Gasteiger charge is -2.16. The van der Waals surface area contributed by atoms with Crippen LogP contribution in [-0.4, -0.2) is 41.1 Å². The fourth-order valence-corrected chi connectivity index (χ4v) is 3.92. The minimum Gasteiger partial charge on any atom is -0.453 e. The van der Waals surface area contributed by atoms with Crippen molar-refractivity contribution in [3.05, 3.63) is 66.6 Å². The topological polar surface area (TPSA) is 80.8 Å². The second-order valence-corrected chi connectivity index (χ2v) is 8.08. The van der Waals surface area contributed by atoms with E-state index >= 15 is 0 Å². The molecule has 1 aliphatic heterocycles. The first kappa shape index (κ1) is 22.6. The standard InChI is InChI=1S/C20H13Cl4NO5/c1-8-3-5-10(6-4-8)18(27)9(2)30-11(26)7-25-19(28)12-13(20(25)29)15(22)17(24)16(23)14(12)21/h3-6,9H,7H2,1-2H3/t9-/m1/s1. The Bertz CT molecular complexity index is 1050. The van der Waals surface area contributed by atoms with Crippen LogP contribution >= 0.6 is 46.4 Å². The van der Waals surface area contributed by atoms with Crippen molar-refractivity contribution >= 4 is 70.0 Å². The monoisotopic (exact) mass is 487 g/mol. The lowest BCUT2D eigenvalue weighted by molar-refractivity contribution is -0.146. The summed E-state index contributed by atoms with van der Waals surface area (Å²) in [5, 5.41) is -0.827. The molecule has 2 aromatic rings. The maximum atomic E-state index is 12.6. The molecule has 1 atom stereocenters. The van der Waals surface area contributed by atoms with E-state index in [1.165, 1.54) is 6.92 Å². The summed E-state index contributed by atoms with van der Waals surface area (Å²) in [5.41, 5.74) is 0.860. The Kier molecular flexibility index (Phi) is 6.43. The number of esters is 1. The third-order valence-electron chi connectivity index (χ3n) is 4.49. The highest BCUT2D eigenvalue weighted by Crippen LogP contribution is 2.44. The van der Waals surface area contributed by atoms with Crippen LogP contribution in [0.5, 0.6) is 0 Å². The molecule has 0 saturated heterocycles. The summed E-state index contributed by atoms with van der Waals surface area (Å²) in [5.74, 6) is -3.11. The Morgan fingerprint density at radius 3 is 1.83 bits per heavy atom. The summed E-state index contributed by atoms with van der Waals surface area (Å²) >= 11 is 24.0. The summed E-state index contributed by atoms with van der Waals surface area (Å²) in [6.45, 7) is 2.54. The predicted octanol–water partition coefficient (Wildman–Crippen LogP) is 5.02. The van der Waals surface area contributed by atoms with Crippen LogP contribution in [0.1, 0.15) is 43.6 Å². The van der Waals surface area contributed by atoms with Crippen LogP contribution in [0, 0.1) is 6.92 Å². The molecule has 0 saturated carbocycles. The van der Waals surface area contributed by atoms with Gasteiger partial charge in [0.25, 0.3) is 11.8 Å². The molecule has 1 heterocycles. The van der Waals surface area contributed by atoms with E-state index in [1.54, 1.807) is 24.3 Å². The first-order valence-corrected chi connectivity index (χ1v) is 10.1. The number of ketones is 1. The van der Waals surface area contributed by atoms with Crippen LogP contribution in [0.25, 0.3) is 0 Å². The number of hydrogen-bond donors (Lipinski definition) is 0. The minimum atomic E-state index is -1.12. The van der Waals surface area contributed by atoms with Crippen molar-refractivity contribution < 1.29 is 23.9 Å². The molecule has 0 spiro atoms. The number of imide groups is 1. The van der Waals surface area contributed by atoms with Crippen molar-refractivity contribution in [3.63, 3.8) is 0 Å². The van der Waals surface area contributed by atoms with E-state index in [2.05, 4.69) is 0 Å². The molecule has 10 heteroatoms. The molecule has 2 aromatic carbocycles. The van der Waals surface area contributed by atoms with Crippen LogP contribution < -0.4 is 0 Å². The molecule has 0 aromatic heterocycles. The number of fused-ring (bicyclic) bond motifs is 1. The fraction of sp³-hybridized carbons (Fsp3) is 0.200. The summed E-state index contributed by atoms with van der Waals surface area (Å²) in [6, 6.07) is 6.74. The van der Waals surface area contributed by atoms with Crippen LogP contribution in [0.15, 0.2) is 24.3 Å². The molecule has 156 valence electrons. The zero-order valence-corrected chi connectivity index (χ0v) is 18.6. The van der Waals surface area contributed by atoms with E-state index in [4.69, 9.17) is 51.1 Å². The first-order chi connectivity index (χ1) is 14.0. The molecule has 0 unspecified atom stereocenters. The van der Waals surface area contributed by atoms with Gasteiger partial charge in [0.2, 0.25) is 5.78 Å². The molecule has 1 aliphatic rings. The van der Waals surface area contributed by atoms with Gasteiger partial charge in [-0.2, -0.15) is 0 Å². The number of carbonyl (C=O) groups is 4. The van der Waals surface area contributed by atoms with E-state index in [0.717, 1.165) is 5.56 Å². The van der Waals surface area contributed by atoms with Crippen LogP contribution in [0.4, 0.5) is 0 Å². The van der Waals surface area contributed by atoms with Crippen LogP contribution in [0.2, 0.25) is 20.1 Å². The lowest BCUT2D eigenvalue weighted by atomic mass is 10.1. The van der Waals surface area contributed by atoms with Gasteiger partial charge in [-0.3, -0.25) is 24.1 Å². The number of rotatable bonds is 5. The van der Waals surface area contributed by atoms with Crippen molar-refractivity contribution in [2.24, 2.45) is 0 Å². The highest BCUT2D eigenvalue weighted by molar-refractivity contribution is 6.55. The van der Waals surface area contributed by atoms with E-state index in [0.29, 0.717) is 10.5 Å². The SMILES string of the molecule is Cc1ccc(C(=O)[C@@H](C)OC(=O)CN2C(=O)c3c(Cl)c(Cl)c(Cl)c(Cl)c3C2=O)cc1. The maximum Gasteiger partial charge on any atom is 0.326 e. The number of benzene rings is 2. The third kappa shape index (κ3) is 3.93. The number of Topliss-reactive ketones (excluding diaryl/α,β-unsaturated/α-hetero) is 1. The summed E-state index contributed by atoms with van der Waals surface area (Å²) in [7, 11) is 0. The van der Waals surface area contributed by atoms with E-state index < -0.39 is 36.2 Å². The quantitative estimate of drug-likeness (QED) is 0.194. The van der Waals surface area contributed by atoms with Gasteiger partial charge in [0.05, 0.1) is 31.2 Å². The lowest BCUT2D eigenvalue weighted by Crippen LogP contribution is -2.37. The molecular weight excluding hydrogens is 476 g/mol. The second-order valence-electron chi connectivity index (χ2n) is 6.56. The second kappa shape index (κ2) is 8.55. The van der Waals surface area contributed by atoms with E-state index in [9.17, 15) is 19.2 Å². The van der Waals surface area contributed by atoms with Gasteiger partial charge < -0.3 is 4.74 Å². The number of amides is 2. The molecule has 0 fully saturated rings. The average Bonchev–Trinajstić information content (AvgIpc) is 2.95. The van der Waals surface area contributed by atoms with Gasteiger partial charge in [0, 0.05) is 5.56 Å². The van der Waals surface area contributed by atoms with Crippen molar-refractivity contribution in [2.45, 2.75) is 20.0 Å². The van der Waals surface area contributed by atoms with Gasteiger partial charge >= 0.3 is 5.97 Å². The summed E-state index contributed by atoms with van der Waals surface area (Å²) in [6.07, 6.45) is -1.12. The van der Waals surface area contributed by atoms with Gasteiger partial charge in [-0.1, -0.05) is 76.2 Å². The third-order valence-corrected chi connectivity index (χ3v) is 6.29. The van der Waals surface area contributed by atoms with Gasteiger partial charge in [0.1, 0.15) is 6.54 Å². The van der Waals surface area contributed by atoms with Crippen molar-refractivity contribution in [2.75, 3.05) is 6.54 Å². The van der Waals surface area contributed by atoms with Crippen molar-refractivity contribution in [1.82, 2.24) is 4.90 Å². The number of halogens is 4. The Balaban J connectivity index is 1.76. The van der Waals surface area contributed by atoms with Gasteiger partial charge in [0.15, 0.2) is 6.10 Å².